The largest absolute Gasteiger partial charge is 0.337 e. The van der Waals surface area contributed by atoms with Crippen molar-refractivity contribution in [1.82, 2.24) is 4.90 Å². The molecule has 2 N–H and O–H groups in total. The van der Waals surface area contributed by atoms with Gasteiger partial charge in [-0.05, 0) is 43.0 Å². The van der Waals surface area contributed by atoms with Gasteiger partial charge in [0.25, 0.3) is 5.91 Å². The summed E-state index contributed by atoms with van der Waals surface area (Å²) in [5.41, 5.74) is 7.68. The van der Waals surface area contributed by atoms with Gasteiger partial charge in [-0.3, -0.25) is 4.79 Å². The lowest BCUT2D eigenvalue weighted by Gasteiger charge is -2.35. The predicted octanol–water partition coefficient (Wildman–Crippen LogP) is 2.46. The number of likely N-dealkylation sites (tertiary alicyclic amines) is 1. The molecule has 0 radical (unpaired) electrons. The van der Waals surface area contributed by atoms with E-state index in [0.29, 0.717) is 23.0 Å². The van der Waals surface area contributed by atoms with Gasteiger partial charge in [0.2, 0.25) is 0 Å². The molecule has 1 fully saturated rings. The molecule has 1 aromatic carbocycles. The molecule has 1 amide bonds. The first-order chi connectivity index (χ1) is 8.47. The lowest BCUT2D eigenvalue weighted by Crippen LogP contribution is -2.49. The van der Waals surface area contributed by atoms with E-state index in [9.17, 15) is 4.79 Å². The number of carbonyl (C=O) groups excluding carboxylic acids is 1. The van der Waals surface area contributed by atoms with Gasteiger partial charge >= 0.3 is 0 Å². The lowest BCUT2D eigenvalue weighted by molar-refractivity contribution is 0.0672. The molecule has 1 heterocycles. The van der Waals surface area contributed by atoms with Gasteiger partial charge in [-0.15, -0.1) is 0 Å². The van der Waals surface area contributed by atoms with Gasteiger partial charge in [0, 0.05) is 29.7 Å². The van der Waals surface area contributed by atoms with Crippen LogP contribution in [0, 0.1) is 12.8 Å². The van der Waals surface area contributed by atoms with Gasteiger partial charge < -0.3 is 10.6 Å². The molecule has 1 aliphatic rings. The number of benzene rings is 1. The Morgan fingerprint density at radius 2 is 2.17 bits per heavy atom. The highest BCUT2D eigenvalue weighted by atomic mass is 35.5. The molecular formula is C14H19ClN2O. The Morgan fingerprint density at radius 3 is 2.78 bits per heavy atom. The lowest BCUT2D eigenvalue weighted by atomic mass is 9.94. The number of hydrogen-bond donors (Lipinski definition) is 1. The van der Waals surface area contributed by atoms with E-state index in [1.54, 1.807) is 6.07 Å². The van der Waals surface area contributed by atoms with Crippen LogP contribution in [0.3, 0.4) is 0 Å². The molecule has 18 heavy (non-hydrogen) atoms. The first-order valence-electron chi connectivity index (χ1n) is 6.29. The van der Waals surface area contributed by atoms with E-state index in [2.05, 4.69) is 6.92 Å². The van der Waals surface area contributed by atoms with Crippen molar-refractivity contribution >= 4 is 17.5 Å². The Bertz CT molecular complexity index is 441. The highest BCUT2D eigenvalue weighted by molar-refractivity contribution is 6.31. The summed E-state index contributed by atoms with van der Waals surface area (Å²) in [6, 6.07) is 5.52. The summed E-state index contributed by atoms with van der Waals surface area (Å²) in [6.45, 7) is 5.48. The van der Waals surface area contributed by atoms with E-state index >= 15 is 0 Å². The van der Waals surface area contributed by atoms with Crippen molar-refractivity contribution < 1.29 is 4.79 Å². The fraction of sp³-hybridized carbons (Fsp3) is 0.500. The summed E-state index contributed by atoms with van der Waals surface area (Å²) in [5.74, 6) is 0.512. The molecular weight excluding hydrogens is 248 g/mol. The second-order valence-electron chi connectivity index (χ2n) is 5.20. The second-order valence-corrected chi connectivity index (χ2v) is 5.63. The number of piperidine rings is 1. The van der Waals surface area contributed by atoms with E-state index in [-0.39, 0.29) is 11.9 Å². The summed E-state index contributed by atoms with van der Waals surface area (Å²) in [4.78, 5) is 14.2. The highest BCUT2D eigenvalue weighted by Crippen LogP contribution is 2.20. The minimum Gasteiger partial charge on any atom is -0.337 e. The van der Waals surface area contributed by atoms with Crippen LogP contribution in [0.5, 0.6) is 0 Å². The molecule has 0 spiro atoms. The van der Waals surface area contributed by atoms with Crippen LogP contribution < -0.4 is 5.73 Å². The Hall–Kier alpha value is -1.06. The first kappa shape index (κ1) is 13.4. The second kappa shape index (κ2) is 5.29. The summed E-state index contributed by atoms with van der Waals surface area (Å²) in [7, 11) is 0. The van der Waals surface area contributed by atoms with Crippen LogP contribution >= 0.6 is 11.6 Å². The molecule has 4 heteroatoms. The van der Waals surface area contributed by atoms with Gasteiger partial charge in [0.05, 0.1) is 0 Å². The molecule has 2 atom stereocenters. The van der Waals surface area contributed by atoms with Crippen LogP contribution in [-0.4, -0.2) is 29.9 Å². The van der Waals surface area contributed by atoms with E-state index < -0.39 is 0 Å². The minimum atomic E-state index is 0.0305. The Balaban J connectivity index is 2.16. The zero-order valence-electron chi connectivity index (χ0n) is 10.8. The van der Waals surface area contributed by atoms with Crippen molar-refractivity contribution in [1.29, 1.82) is 0 Å². The van der Waals surface area contributed by atoms with Gasteiger partial charge in [0.15, 0.2) is 0 Å². The van der Waals surface area contributed by atoms with E-state index in [4.69, 9.17) is 17.3 Å². The van der Waals surface area contributed by atoms with E-state index in [1.165, 1.54) is 0 Å². The predicted molar refractivity (Wildman–Crippen MR) is 73.8 cm³/mol. The standard InChI is InChI=1S/C14H19ClN2O/c1-9-5-11(7-12(15)6-9)14(18)17-4-3-10(2)13(16)8-17/h5-7,10,13H,3-4,8,16H2,1-2H3. The number of aryl methyl sites for hydroxylation is 1. The van der Waals surface area contributed by atoms with Crippen LogP contribution in [0.1, 0.15) is 29.3 Å². The maximum atomic E-state index is 12.4. The summed E-state index contributed by atoms with van der Waals surface area (Å²) < 4.78 is 0. The number of amides is 1. The van der Waals surface area contributed by atoms with Crippen molar-refractivity contribution in [3.8, 4) is 0 Å². The smallest absolute Gasteiger partial charge is 0.253 e. The zero-order valence-corrected chi connectivity index (χ0v) is 11.6. The quantitative estimate of drug-likeness (QED) is 0.849. The molecule has 0 bridgehead atoms. The number of hydrogen-bond acceptors (Lipinski definition) is 2. The number of rotatable bonds is 1. The molecule has 0 saturated carbocycles. The normalized spacial score (nSPS) is 24.1. The Morgan fingerprint density at radius 1 is 1.44 bits per heavy atom. The van der Waals surface area contributed by atoms with Gasteiger partial charge in [-0.2, -0.15) is 0 Å². The van der Waals surface area contributed by atoms with Gasteiger partial charge in [-0.25, -0.2) is 0 Å². The van der Waals surface area contributed by atoms with Crippen molar-refractivity contribution in [3.63, 3.8) is 0 Å². The topological polar surface area (TPSA) is 46.3 Å². The van der Waals surface area contributed by atoms with Crippen molar-refractivity contribution in [2.45, 2.75) is 26.3 Å². The third-order valence-electron chi connectivity index (χ3n) is 3.59. The monoisotopic (exact) mass is 266 g/mol. The highest BCUT2D eigenvalue weighted by Gasteiger charge is 2.27. The molecule has 1 saturated heterocycles. The molecule has 3 nitrogen and oxygen atoms in total. The zero-order chi connectivity index (χ0) is 13.3. The molecule has 1 aliphatic heterocycles. The molecule has 0 aromatic heterocycles. The van der Waals surface area contributed by atoms with Crippen LogP contribution in [0.4, 0.5) is 0 Å². The fourth-order valence-corrected chi connectivity index (χ4v) is 2.62. The van der Waals surface area contributed by atoms with Crippen LogP contribution in [-0.2, 0) is 0 Å². The minimum absolute atomic E-state index is 0.0305. The summed E-state index contributed by atoms with van der Waals surface area (Å²) in [6.07, 6.45) is 0.965. The van der Waals surface area contributed by atoms with Gasteiger partial charge in [0.1, 0.15) is 0 Å². The first-order valence-corrected chi connectivity index (χ1v) is 6.67. The molecule has 1 aromatic rings. The molecule has 98 valence electrons. The molecule has 0 aliphatic carbocycles. The summed E-state index contributed by atoms with van der Waals surface area (Å²) >= 11 is 5.99. The number of carbonyl (C=O) groups is 1. The Labute approximate surface area is 113 Å². The maximum Gasteiger partial charge on any atom is 0.253 e. The number of nitrogens with two attached hydrogens (primary N) is 1. The third kappa shape index (κ3) is 2.85. The van der Waals surface area contributed by atoms with Gasteiger partial charge in [-0.1, -0.05) is 18.5 Å². The van der Waals surface area contributed by atoms with Crippen LogP contribution in [0.15, 0.2) is 18.2 Å². The maximum absolute atomic E-state index is 12.4. The fourth-order valence-electron chi connectivity index (χ4n) is 2.33. The number of nitrogens with zero attached hydrogens (tertiary/aromatic N) is 1. The SMILES string of the molecule is Cc1cc(Cl)cc(C(=O)N2CCC(C)C(N)C2)c1. The van der Waals surface area contributed by atoms with Crippen molar-refractivity contribution in [2.75, 3.05) is 13.1 Å². The Kier molecular flexibility index (Phi) is 3.93. The molecule has 2 rings (SSSR count). The number of halogens is 1. The van der Waals surface area contributed by atoms with E-state index in [0.717, 1.165) is 18.5 Å². The van der Waals surface area contributed by atoms with Crippen molar-refractivity contribution in [2.24, 2.45) is 11.7 Å². The van der Waals surface area contributed by atoms with Crippen molar-refractivity contribution in [3.05, 3.63) is 34.3 Å². The summed E-state index contributed by atoms with van der Waals surface area (Å²) in [5, 5.41) is 0.605. The van der Waals surface area contributed by atoms with E-state index in [1.807, 2.05) is 24.0 Å². The van der Waals surface area contributed by atoms with Crippen LogP contribution in [0.2, 0.25) is 5.02 Å². The average Bonchev–Trinajstić information content (AvgIpc) is 2.30. The average molecular weight is 267 g/mol. The van der Waals surface area contributed by atoms with Crippen LogP contribution in [0.25, 0.3) is 0 Å². The molecule has 2 unspecified atom stereocenters. The third-order valence-corrected chi connectivity index (χ3v) is 3.81.